The molecule has 2 aromatic heterocycles. The maximum atomic E-state index is 13.8. The van der Waals surface area contributed by atoms with Gasteiger partial charge in [0.05, 0.1) is 5.25 Å². The predicted molar refractivity (Wildman–Crippen MR) is 100 cm³/mol. The van der Waals surface area contributed by atoms with Crippen LogP contribution in [0.5, 0.6) is 0 Å². The molecule has 0 amide bonds. The number of hydrogen-bond acceptors (Lipinski definition) is 6. The quantitative estimate of drug-likeness (QED) is 0.470. The minimum atomic E-state index is -0.294. The number of aromatic nitrogens is 5. The molecule has 0 aliphatic rings. The molecule has 6 nitrogen and oxygen atoms in total. The van der Waals surface area contributed by atoms with Crippen LogP contribution >= 0.6 is 11.8 Å². The second-order valence-corrected chi connectivity index (χ2v) is 7.31. The Bertz CT molecular complexity index is 1060. The molecule has 0 saturated carbocycles. The fourth-order valence-electron chi connectivity index (χ4n) is 2.53. The third-order valence-corrected chi connectivity index (χ3v) is 5.10. The van der Waals surface area contributed by atoms with E-state index in [0.29, 0.717) is 22.8 Å². The summed E-state index contributed by atoms with van der Waals surface area (Å²) in [6.07, 6.45) is 1.67. The SMILES string of the molecule is Cc1ccc(-c2noc(C(C)Sc3nncn3-c3ccccc3)n2)cc1F. The molecule has 1 atom stereocenters. The van der Waals surface area contributed by atoms with E-state index in [9.17, 15) is 4.39 Å². The normalized spacial score (nSPS) is 12.3. The van der Waals surface area contributed by atoms with Gasteiger partial charge in [-0.05, 0) is 37.6 Å². The van der Waals surface area contributed by atoms with Gasteiger partial charge in [-0.25, -0.2) is 4.39 Å². The van der Waals surface area contributed by atoms with Crippen LogP contribution in [0, 0.1) is 12.7 Å². The van der Waals surface area contributed by atoms with Crippen molar-refractivity contribution in [3.05, 3.63) is 72.1 Å². The number of nitrogens with zero attached hydrogens (tertiary/aromatic N) is 5. The Kier molecular flexibility index (Phi) is 4.72. The summed E-state index contributed by atoms with van der Waals surface area (Å²) in [6, 6.07) is 14.7. The first-order valence-corrected chi connectivity index (χ1v) is 9.22. The zero-order valence-electron chi connectivity index (χ0n) is 14.7. The summed E-state index contributed by atoms with van der Waals surface area (Å²) in [5.41, 5.74) is 2.13. The third-order valence-electron chi connectivity index (χ3n) is 4.05. The fraction of sp³-hybridized carbons (Fsp3) is 0.158. The largest absolute Gasteiger partial charge is 0.338 e. The molecule has 136 valence electrons. The second-order valence-electron chi connectivity index (χ2n) is 6.00. The molecule has 2 heterocycles. The molecule has 0 saturated heterocycles. The number of aryl methyl sites for hydroxylation is 1. The summed E-state index contributed by atoms with van der Waals surface area (Å²) in [6.45, 7) is 3.66. The first kappa shape index (κ1) is 17.4. The van der Waals surface area contributed by atoms with E-state index < -0.39 is 0 Å². The van der Waals surface area contributed by atoms with Gasteiger partial charge in [-0.15, -0.1) is 10.2 Å². The molecule has 0 radical (unpaired) electrons. The lowest BCUT2D eigenvalue weighted by atomic mass is 10.1. The molecule has 0 bridgehead atoms. The number of hydrogen-bond donors (Lipinski definition) is 0. The molecule has 4 aromatic rings. The van der Waals surface area contributed by atoms with E-state index in [1.165, 1.54) is 17.8 Å². The Morgan fingerprint density at radius 2 is 1.96 bits per heavy atom. The monoisotopic (exact) mass is 381 g/mol. The van der Waals surface area contributed by atoms with Gasteiger partial charge in [-0.3, -0.25) is 4.57 Å². The van der Waals surface area contributed by atoms with Crippen LogP contribution in [0.3, 0.4) is 0 Å². The van der Waals surface area contributed by atoms with Crippen molar-refractivity contribution in [3.8, 4) is 17.1 Å². The van der Waals surface area contributed by atoms with Crippen molar-refractivity contribution in [2.75, 3.05) is 0 Å². The summed E-state index contributed by atoms with van der Waals surface area (Å²) in [4.78, 5) is 4.41. The molecule has 4 rings (SSSR count). The first-order chi connectivity index (χ1) is 13.1. The first-order valence-electron chi connectivity index (χ1n) is 8.34. The summed E-state index contributed by atoms with van der Waals surface area (Å²) >= 11 is 1.46. The third kappa shape index (κ3) is 3.61. The van der Waals surface area contributed by atoms with Crippen molar-refractivity contribution >= 4 is 11.8 Å². The molecule has 0 aliphatic heterocycles. The van der Waals surface area contributed by atoms with Gasteiger partial charge < -0.3 is 4.52 Å². The van der Waals surface area contributed by atoms with Crippen LogP contribution in [0.1, 0.15) is 23.6 Å². The van der Waals surface area contributed by atoms with Gasteiger partial charge in [0, 0.05) is 11.3 Å². The van der Waals surface area contributed by atoms with E-state index in [1.807, 2.05) is 41.8 Å². The highest BCUT2D eigenvalue weighted by Crippen LogP contribution is 2.34. The molecule has 27 heavy (non-hydrogen) atoms. The van der Waals surface area contributed by atoms with E-state index in [2.05, 4.69) is 20.3 Å². The van der Waals surface area contributed by atoms with E-state index >= 15 is 0 Å². The van der Waals surface area contributed by atoms with Crippen molar-refractivity contribution in [1.29, 1.82) is 0 Å². The van der Waals surface area contributed by atoms with Gasteiger partial charge in [-0.1, -0.05) is 47.3 Å². The average molecular weight is 381 g/mol. The molecular formula is C19H16FN5OS. The highest BCUT2D eigenvalue weighted by molar-refractivity contribution is 7.99. The summed E-state index contributed by atoms with van der Waals surface area (Å²) in [5.74, 6) is 0.511. The van der Waals surface area contributed by atoms with Crippen molar-refractivity contribution < 1.29 is 8.91 Å². The minimum absolute atomic E-state index is 0.145. The molecule has 0 spiro atoms. The van der Waals surface area contributed by atoms with Crippen molar-refractivity contribution in [2.45, 2.75) is 24.3 Å². The maximum Gasteiger partial charge on any atom is 0.240 e. The van der Waals surface area contributed by atoms with Crippen LogP contribution < -0.4 is 0 Å². The zero-order chi connectivity index (χ0) is 18.8. The molecule has 0 fully saturated rings. The lowest BCUT2D eigenvalue weighted by molar-refractivity contribution is 0.380. The van der Waals surface area contributed by atoms with Crippen LogP contribution in [0.25, 0.3) is 17.1 Å². The Labute approximate surface area is 159 Å². The lowest BCUT2D eigenvalue weighted by Crippen LogP contribution is -1.97. The Balaban J connectivity index is 1.55. The number of rotatable bonds is 5. The van der Waals surface area contributed by atoms with E-state index in [4.69, 9.17) is 4.52 Å². The van der Waals surface area contributed by atoms with Gasteiger partial charge in [-0.2, -0.15) is 4.98 Å². The number of halogens is 1. The molecule has 0 N–H and O–H groups in total. The highest BCUT2D eigenvalue weighted by Gasteiger charge is 2.20. The predicted octanol–water partition coefficient (Wildman–Crippen LogP) is 4.62. The van der Waals surface area contributed by atoms with Crippen molar-refractivity contribution in [2.24, 2.45) is 0 Å². The smallest absolute Gasteiger partial charge is 0.240 e. The topological polar surface area (TPSA) is 69.6 Å². The lowest BCUT2D eigenvalue weighted by Gasteiger charge is -2.08. The summed E-state index contributed by atoms with van der Waals surface area (Å²) in [5, 5.41) is 12.7. The van der Waals surface area contributed by atoms with Gasteiger partial charge in [0.1, 0.15) is 12.1 Å². The maximum absolute atomic E-state index is 13.8. The molecule has 2 aromatic carbocycles. The minimum Gasteiger partial charge on any atom is -0.338 e. The Morgan fingerprint density at radius 1 is 1.15 bits per heavy atom. The summed E-state index contributed by atoms with van der Waals surface area (Å²) in [7, 11) is 0. The number of para-hydroxylation sites is 1. The fourth-order valence-corrected chi connectivity index (χ4v) is 3.40. The van der Waals surface area contributed by atoms with Crippen molar-refractivity contribution in [3.63, 3.8) is 0 Å². The van der Waals surface area contributed by atoms with Crippen LogP contribution in [-0.2, 0) is 0 Å². The molecule has 0 aliphatic carbocycles. The van der Waals surface area contributed by atoms with Crippen molar-refractivity contribution in [1.82, 2.24) is 24.9 Å². The van der Waals surface area contributed by atoms with Crippen LogP contribution in [0.2, 0.25) is 0 Å². The second kappa shape index (κ2) is 7.32. The van der Waals surface area contributed by atoms with E-state index in [0.717, 1.165) is 10.8 Å². The van der Waals surface area contributed by atoms with Crippen LogP contribution in [-0.4, -0.2) is 24.9 Å². The molecule has 8 heteroatoms. The van der Waals surface area contributed by atoms with E-state index in [-0.39, 0.29) is 11.1 Å². The standard InChI is InChI=1S/C19H16FN5OS/c1-12-8-9-14(10-16(12)20)17-22-18(26-24-17)13(2)27-19-23-21-11-25(19)15-6-4-3-5-7-15/h3-11,13H,1-2H3. The van der Waals surface area contributed by atoms with Crippen LogP contribution in [0.15, 0.2) is 64.5 Å². The Morgan fingerprint density at radius 3 is 2.74 bits per heavy atom. The number of benzene rings is 2. The zero-order valence-corrected chi connectivity index (χ0v) is 15.5. The van der Waals surface area contributed by atoms with Gasteiger partial charge >= 0.3 is 0 Å². The highest BCUT2D eigenvalue weighted by atomic mass is 32.2. The van der Waals surface area contributed by atoms with E-state index in [1.54, 1.807) is 25.4 Å². The van der Waals surface area contributed by atoms with Gasteiger partial charge in [0.25, 0.3) is 0 Å². The number of thioether (sulfide) groups is 1. The van der Waals surface area contributed by atoms with Gasteiger partial charge in [0.15, 0.2) is 5.16 Å². The average Bonchev–Trinajstić information content (AvgIpc) is 3.34. The molecular weight excluding hydrogens is 365 g/mol. The summed E-state index contributed by atoms with van der Waals surface area (Å²) < 4.78 is 21.1. The molecule has 1 unspecified atom stereocenters. The van der Waals surface area contributed by atoms with Gasteiger partial charge in [0.2, 0.25) is 11.7 Å². The Hall–Kier alpha value is -3.00. The van der Waals surface area contributed by atoms with Crippen LogP contribution in [0.4, 0.5) is 4.39 Å².